The van der Waals surface area contributed by atoms with Crippen LogP contribution in [0.1, 0.15) is 38.8 Å². The molecule has 2 N–H and O–H groups in total. The summed E-state index contributed by atoms with van der Waals surface area (Å²) >= 11 is 0. The Morgan fingerprint density at radius 1 is 1.12 bits per heavy atom. The molecule has 0 heterocycles. The molecule has 24 heavy (non-hydrogen) atoms. The van der Waals surface area contributed by atoms with Gasteiger partial charge in [-0.15, -0.1) is 0 Å². The summed E-state index contributed by atoms with van der Waals surface area (Å²) in [5.74, 6) is -0.708. The zero-order chi connectivity index (χ0) is 18.2. The largest absolute Gasteiger partial charge is 0.460 e. The summed E-state index contributed by atoms with van der Waals surface area (Å²) in [6.45, 7) is 8.05. The highest BCUT2D eigenvalue weighted by Gasteiger charge is 2.16. The average Bonchev–Trinajstić information content (AvgIpc) is 2.48. The Balaban J connectivity index is 2.31. The predicted octanol–water partition coefficient (Wildman–Crippen LogP) is 1.90. The van der Waals surface area contributed by atoms with Crippen LogP contribution in [0.2, 0.25) is 0 Å². The summed E-state index contributed by atoms with van der Waals surface area (Å²) in [6, 6.07) is 7.14. The second-order valence-electron chi connectivity index (χ2n) is 6.10. The third-order valence-corrected chi connectivity index (χ3v) is 2.60. The minimum Gasteiger partial charge on any atom is -0.460 e. The van der Waals surface area contributed by atoms with Crippen LogP contribution in [0.25, 0.3) is 0 Å². The second-order valence-corrected chi connectivity index (χ2v) is 6.10. The predicted molar refractivity (Wildman–Crippen MR) is 87.7 cm³/mol. The molecule has 0 aromatic heterocycles. The molecular formula is C17H23N2O5. The van der Waals surface area contributed by atoms with Crippen molar-refractivity contribution >= 4 is 18.0 Å². The molecule has 1 aromatic carbocycles. The first-order valence-corrected chi connectivity index (χ1v) is 7.47. The molecule has 2 amide bonds. The van der Waals surface area contributed by atoms with E-state index in [1.807, 2.05) is 0 Å². The van der Waals surface area contributed by atoms with Crippen LogP contribution >= 0.6 is 0 Å². The molecule has 0 aliphatic rings. The summed E-state index contributed by atoms with van der Waals surface area (Å²) in [6.07, 6.45) is -0.669. The third kappa shape index (κ3) is 8.77. The number of benzene rings is 1. The molecule has 1 aromatic rings. The number of carbonyl (C=O) groups excluding carboxylic acids is 3. The molecular weight excluding hydrogens is 312 g/mol. The van der Waals surface area contributed by atoms with Gasteiger partial charge in [-0.25, -0.2) is 4.79 Å². The van der Waals surface area contributed by atoms with E-state index >= 15 is 0 Å². The first-order valence-electron chi connectivity index (χ1n) is 7.47. The number of amides is 2. The zero-order valence-electron chi connectivity index (χ0n) is 14.3. The summed E-state index contributed by atoms with van der Waals surface area (Å²) in [7, 11) is 0. The van der Waals surface area contributed by atoms with Gasteiger partial charge in [0, 0.05) is 6.92 Å². The van der Waals surface area contributed by atoms with Crippen molar-refractivity contribution in [3.05, 3.63) is 41.9 Å². The lowest BCUT2D eigenvalue weighted by Gasteiger charge is -2.19. The van der Waals surface area contributed by atoms with Gasteiger partial charge >= 0.3 is 12.1 Å². The van der Waals surface area contributed by atoms with E-state index in [1.165, 1.54) is 6.92 Å². The van der Waals surface area contributed by atoms with E-state index in [0.29, 0.717) is 0 Å². The quantitative estimate of drug-likeness (QED) is 0.775. The van der Waals surface area contributed by atoms with Gasteiger partial charge in [0.2, 0.25) is 5.91 Å². The third-order valence-electron chi connectivity index (χ3n) is 2.60. The van der Waals surface area contributed by atoms with E-state index in [-0.39, 0.29) is 19.1 Å². The van der Waals surface area contributed by atoms with Crippen LogP contribution in [-0.2, 0) is 25.7 Å². The highest BCUT2D eigenvalue weighted by Crippen LogP contribution is 2.07. The Bertz CT molecular complexity index is 576. The molecule has 0 bridgehead atoms. The fourth-order valence-electron chi connectivity index (χ4n) is 1.57. The maximum Gasteiger partial charge on any atom is 0.408 e. The normalized spacial score (nSPS) is 10.7. The lowest BCUT2D eigenvalue weighted by atomic mass is 10.1. The fraction of sp³-hybridized carbons (Fsp3) is 0.412. The van der Waals surface area contributed by atoms with Gasteiger partial charge in [0.15, 0.2) is 0 Å². The Labute approximate surface area is 141 Å². The molecule has 0 saturated heterocycles. The molecule has 0 atom stereocenters. The molecule has 0 unspecified atom stereocenters. The standard InChI is InChI=1S/C17H23N2O5/c1-12(20)18-9-13-5-7-14(8-6-13)11-23-15(21)10-19-16(22)24-17(2,3)4/h5-9H,10-11H2,1-4H3,(H,18,20)(H,19,22). The van der Waals surface area contributed by atoms with Crippen molar-refractivity contribution < 1.29 is 23.9 Å². The number of hydrogen-bond donors (Lipinski definition) is 2. The van der Waals surface area contributed by atoms with Gasteiger partial charge in [0.05, 0.1) is 6.54 Å². The molecule has 1 radical (unpaired) electrons. The van der Waals surface area contributed by atoms with Gasteiger partial charge in [0.1, 0.15) is 18.8 Å². The van der Waals surface area contributed by atoms with Crippen LogP contribution in [0.4, 0.5) is 4.79 Å². The zero-order valence-corrected chi connectivity index (χ0v) is 14.3. The van der Waals surface area contributed by atoms with Crippen LogP contribution in [0.5, 0.6) is 0 Å². The van der Waals surface area contributed by atoms with Gasteiger partial charge in [-0.3, -0.25) is 9.59 Å². The van der Waals surface area contributed by atoms with E-state index in [2.05, 4.69) is 10.6 Å². The smallest absolute Gasteiger partial charge is 0.408 e. The summed E-state index contributed by atoms with van der Waals surface area (Å²) in [5.41, 5.74) is 0.997. The van der Waals surface area contributed by atoms with Gasteiger partial charge in [0.25, 0.3) is 0 Å². The van der Waals surface area contributed by atoms with Crippen molar-refractivity contribution in [1.82, 2.24) is 10.6 Å². The number of alkyl carbamates (subject to hydrolysis) is 1. The highest BCUT2D eigenvalue weighted by atomic mass is 16.6. The Morgan fingerprint density at radius 2 is 1.75 bits per heavy atom. The molecule has 1 rings (SSSR count). The number of esters is 1. The second kappa shape index (κ2) is 8.90. The van der Waals surface area contributed by atoms with E-state index < -0.39 is 17.7 Å². The Hall–Kier alpha value is -2.57. The molecule has 7 nitrogen and oxygen atoms in total. The molecule has 0 spiro atoms. The molecule has 0 aliphatic carbocycles. The lowest BCUT2D eigenvalue weighted by molar-refractivity contribution is -0.143. The number of ether oxygens (including phenoxy) is 2. The molecule has 7 heteroatoms. The number of carbonyl (C=O) groups is 3. The first kappa shape index (κ1) is 19.5. The monoisotopic (exact) mass is 335 g/mol. The maximum absolute atomic E-state index is 11.6. The number of hydrogen-bond acceptors (Lipinski definition) is 5. The van der Waals surface area contributed by atoms with Crippen LogP contribution in [0, 0.1) is 6.54 Å². The summed E-state index contributed by atoms with van der Waals surface area (Å²) in [4.78, 5) is 33.8. The lowest BCUT2D eigenvalue weighted by Crippen LogP contribution is -2.36. The van der Waals surface area contributed by atoms with Crippen LogP contribution in [0.15, 0.2) is 24.3 Å². The van der Waals surface area contributed by atoms with E-state index in [1.54, 1.807) is 51.6 Å². The van der Waals surface area contributed by atoms with Gasteiger partial charge in [-0.1, -0.05) is 24.3 Å². The van der Waals surface area contributed by atoms with E-state index in [4.69, 9.17) is 9.47 Å². The Kier molecular flexibility index (Phi) is 7.23. The van der Waals surface area contributed by atoms with Gasteiger partial charge in [-0.05, 0) is 31.9 Å². The van der Waals surface area contributed by atoms with Crippen molar-refractivity contribution in [2.24, 2.45) is 0 Å². The number of nitrogens with one attached hydrogen (secondary N) is 2. The molecule has 0 saturated carbocycles. The topological polar surface area (TPSA) is 93.7 Å². The van der Waals surface area contributed by atoms with E-state index in [9.17, 15) is 14.4 Å². The van der Waals surface area contributed by atoms with Crippen molar-refractivity contribution in [3.63, 3.8) is 0 Å². The van der Waals surface area contributed by atoms with Crippen molar-refractivity contribution in [2.45, 2.75) is 39.9 Å². The first-order chi connectivity index (χ1) is 11.2. The Morgan fingerprint density at radius 3 is 2.29 bits per heavy atom. The molecule has 131 valence electrons. The van der Waals surface area contributed by atoms with Crippen molar-refractivity contribution in [2.75, 3.05) is 6.54 Å². The van der Waals surface area contributed by atoms with Crippen molar-refractivity contribution in [3.8, 4) is 0 Å². The van der Waals surface area contributed by atoms with Gasteiger partial charge in [-0.2, -0.15) is 0 Å². The van der Waals surface area contributed by atoms with E-state index in [0.717, 1.165) is 11.1 Å². The van der Waals surface area contributed by atoms with Crippen molar-refractivity contribution in [1.29, 1.82) is 0 Å². The molecule has 0 aliphatic heterocycles. The average molecular weight is 335 g/mol. The van der Waals surface area contributed by atoms with Crippen LogP contribution in [-0.4, -0.2) is 30.1 Å². The van der Waals surface area contributed by atoms with Crippen LogP contribution < -0.4 is 10.6 Å². The SMILES string of the molecule is CC(=O)N[CH]c1ccc(COC(=O)CNC(=O)OC(C)(C)C)cc1. The fourth-order valence-corrected chi connectivity index (χ4v) is 1.57. The molecule has 0 fully saturated rings. The van der Waals surface area contributed by atoms with Gasteiger partial charge < -0.3 is 20.1 Å². The summed E-state index contributed by atoms with van der Waals surface area (Å²) in [5, 5.41) is 4.90. The van der Waals surface area contributed by atoms with Crippen LogP contribution in [0.3, 0.4) is 0 Å². The highest BCUT2D eigenvalue weighted by molar-refractivity contribution is 5.78. The summed E-state index contributed by atoms with van der Waals surface area (Å²) < 4.78 is 10.1. The minimum atomic E-state index is -0.669. The minimum absolute atomic E-state index is 0.0925. The maximum atomic E-state index is 11.6. The number of rotatable bonds is 6.